The molecule has 1 rings (SSSR count). The molecule has 1 unspecified atom stereocenters. The van der Waals surface area contributed by atoms with Gasteiger partial charge >= 0.3 is 11.9 Å². The Morgan fingerprint density at radius 1 is 0.941 bits per heavy atom. The number of halogens is 1. The zero-order chi connectivity index (χ0) is 25.9. The van der Waals surface area contributed by atoms with Gasteiger partial charge in [-0.05, 0) is 12.8 Å². The van der Waals surface area contributed by atoms with Crippen molar-refractivity contribution in [1.82, 2.24) is 10.3 Å². The van der Waals surface area contributed by atoms with Crippen molar-refractivity contribution in [3.8, 4) is 0 Å². The first-order valence-electron chi connectivity index (χ1n) is 11.4. The molecule has 3 atom stereocenters. The van der Waals surface area contributed by atoms with E-state index in [0.717, 1.165) is 6.42 Å². The first-order valence-corrected chi connectivity index (χ1v) is 11.4. The van der Waals surface area contributed by atoms with Gasteiger partial charge in [0.1, 0.15) is 5.76 Å². The molecule has 1 aromatic rings. The fourth-order valence-electron chi connectivity index (χ4n) is 2.54. The minimum Gasteiger partial charge on any atom is -0.467 e. The van der Waals surface area contributed by atoms with Crippen LogP contribution in [0.15, 0.2) is 4.42 Å². The van der Waals surface area contributed by atoms with Gasteiger partial charge in [0.2, 0.25) is 5.91 Å². The predicted octanol–water partition coefficient (Wildman–Crippen LogP) is 4.63. The Hall–Kier alpha value is -1.98. The molecule has 10 heteroatoms. The highest BCUT2D eigenvalue weighted by atomic mass is 127. The first-order chi connectivity index (χ1) is 15.4. The standard InChI is InChI=1S/C12H21NO4.C12H19NO3.HI/c1-6-8(4)11(15)13-9(12(16)17-5)10(14)7(2)3;1-6-8(4)11-13-9(12(14)15-5)10(16-11)7(2)3;/h7-9H,6H2,1-5H3,(H,13,15);7-8H,6H2,1-5H3;1H/t8-,9?;8-;/m00./s1. The van der Waals surface area contributed by atoms with Gasteiger partial charge in [0.05, 0.1) is 14.2 Å². The summed E-state index contributed by atoms with van der Waals surface area (Å²) in [6.07, 6.45) is 1.58. The molecule has 0 spiro atoms. The molecule has 0 saturated carbocycles. The van der Waals surface area contributed by atoms with Gasteiger partial charge in [-0.1, -0.05) is 55.4 Å². The Kier molecular flexibility index (Phi) is 16.7. The highest BCUT2D eigenvalue weighted by Crippen LogP contribution is 2.26. The van der Waals surface area contributed by atoms with Gasteiger partial charge in [0, 0.05) is 23.7 Å². The molecule has 0 aliphatic heterocycles. The van der Waals surface area contributed by atoms with Crippen LogP contribution in [0.4, 0.5) is 0 Å². The molecule has 0 saturated heterocycles. The highest BCUT2D eigenvalue weighted by molar-refractivity contribution is 14.0. The van der Waals surface area contributed by atoms with Crippen LogP contribution in [0.1, 0.15) is 102 Å². The second-order valence-electron chi connectivity index (χ2n) is 8.55. The average molecular weight is 597 g/mol. The highest BCUT2D eigenvalue weighted by Gasteiger charge is 2.31. The third kappa shape index (κ3) is 10.1. The van der Waals surface area contributed by atoms with Crippen molar-refractivity contribution in [1.29, 1.82) is 0 Å². The summed E-state index contributed by atoms with van der Waals surface area (Å²) < 4.78 is 14.9. The van der Waals surface area contributed by atoms with E-state index in [2.05, 4.69) is 22.0 Å². The molecule has 1 aromatic heterocycles. The predicted molar refractivity (Wildman–Crippen MR) is 139 cm³/mol. The van der Waals surface area contributed by atoms with Crippen molar-refractivity contribution < 1.29 is 33.1 Å². The number of hydrogen-bond acceptors (Lipinski definition) is 8. The number of oxazole rings is 1. The fourth-order valence-corrected chi connectivity index (χ4v) is 2.54. The number of amides is 1. The van der Waals surface area contributed by atoms with Crippen LogP contribution in [-0.2, 0) is 23.9 Å². The van der Waals surface area contributed by atoms with Gasteiger partial charge in [0.15, 0.2) is 23.4 Å². The van der Waals surface area contributed by atoms with Crippen molar-refractivity contribution in [2.24, 2.45) is 11.8 Å². The van der Waals surface area contributed by atoms with Crippen molar-refractivity contribution in [3.63, 3.8) is 0 Å². The van der Waals surface area contributed by atoms with Crippen LogP contribution >= 0.6 is 24.0 Å². The van der Waals surface area contributed by atoms with Gasteiger partial charge < -0.3 is 19.2 Å². The maximum absolute atomic E-state index is 11.8. The largest absolute Gasteiger partial charge is 0.467 e. The second kappa shape index (κ2) is 16.6. The molecule has 0 aromatic carbocycles. The van der Waals surface area contributed by atoms with E-state index >= 15 is 0 Å². The summed E-state index contributed by atoms with van der Waals surface area (Å²) in [6, 6.07) is -1.19. The molecule has 0 aliphatic rings. The molecule has 0 fully saturated rings. The van der Waals surface area contributed by atoms with Gasteiger partial charge in [0.25, 0.3) is 0 Å². The van der Waals surface area contributed by atoms with Gasteiger partial charge in [-0.15, -0.1) is 24.0 Å². The average Bonchev–Trinajstić information content (AvgIpc) is 3.26. The number of hydrogen-bond donors (Lipinski definition) is 1. The number of carbonyl (C=O) groups is 4. The Morgan fingerprint density at radius 2 is 1.50 bits per heavy atom. The van der Waals surface area contributed by atoms with Crippen molar-refractivity contribution >= 4 is 47.6 Å². The maximum Gasteiger partial charge on any atom is 0.360 e. The molecule has 34 heavy (non-hydrogen) atoms. The zero-order valence-corrected chi connectivity index (χ0v) is 24.3. The van der Waals surface area contributed by atoms with Crippen molar-refractivity contribution in [3.05, 3.63) is 17.3 Å². The Morgan fingerprint density at radius 3 is 1.88 bits per heavy atom. The molecule has 9 nitrogen and oxygen atoms in total. The number of carbonyl (C=O) groups excluding carboxylic acids is 4. The Balaban J connectivity index is 0. The number of Topliss-reactive ketones (excluding diaryl/α,β-unsaturated/α-hetero) is 1. The van der Waals surface area contributed by atoms with Gasteiger partial charge in [-0.2, -0.15) is 0 Å². The monoisotopic (exact) mass is 596 g/mol. The van der Waals surface area contributed by atoms with E-state index in [1.54, 1.807) is 20.8 Å². The Bertz CT molecular complexity index is 805. The van der Waals surface area contributed by atoms with Crippen LogP contribution < -0.4 is 5.32 Å². The van der Waals surface area contributed by atoms with E-state index in [1.165, 1.54) is 14.2 Å². The number of nitrogens with zero attached hydrogens (tertiary/aromatic N) is 1. The summed E-state index contributed by atoms with van der Waals surface area (Å²) in [6.45, 7) is 15.0. The summed E-state index contributed by atoms with van der Waals surface area (Å²) in [4.78, 5) is 50.6. The smallest absolute Gasteiger partial charge is 0.360 e. The van der Waals surface area contributed by atoms with Crippen LogP contribution in [0.3, 0.4) is 0 Å². The zero-order valence-electron chi connectivity index (χ0n) is 22.0. The third-order valence-corrected chi connectivity index (χ3v) is 5.24. The van der Waals surface area contributed by atoms with Crippen LogP contribution in [-0.4, -0.2) is 48.9 Å². The quantitative estimate of drug-likeness (QED) is 0.236. The maximum atomic E-state index is 11.8. The second-order valence-corrected chi connectivity index (χ2v) is 8.55. The number of aromatic nitrogens is 1. The molecule has 0 radical (unpaired) electrons. The number of nitrogens with one attached hydrogen (secondary N) is 1. The summed E-state index contributed by atoms with van der Waals surface area (Å²) in [5.41, 5.74) is 0.313. The number of ketones is 1. The minimum atomic E-state index is -1.19. The number of rotatable bonds is 10. The molecule has 196 valence electrons. The van der Waals surface area contributed by atoms with E-state index in [1.807, 2.05) is 27.7 Å². The van der Waals surface area contributed by atoms with E-state index in [-0.39, 0.29) is 59.3 Å². The molecule has 1 heterocycles. The minimum absolute atomic E-state index is 0. The Labute approximate surface area is 220 Å². The summed E-state index contributed by atoms with van der Waals surface area (Å²) in [5.74, 6) is -0.796. The number of esters is 2. The summed E-state index contributed by atoms with van der Waals surface area (Å²) in [5, 5.41) is 2.44. The van der Waals surface area contributed by atoms with E-state index in [9.17, 15) is 19.2 Å². The summed E-state index contributed by atoms with van der Waals surface area (Å²) >= 11 is 0. The topological polar surface area (TPSA) is 125 Å². The number of ether oxygens (including phenoxy) is 2. The van der Waals surface area contributed by atoms with Crippen molar-refractivity contribution in [2.45, 2.75) is 86.1 Å². The molecule has 0 bridgehead atoms. The normalized spacial score (nSPS) is 13.1. The van der Waals surface area contributed by atoms with E-state index in [4.69, 9.17) is 9.15 Å². The van der Waals surface area contributed by atoms with Crippen LogP contribution in [0.2, 0.25) is 0 Å². The van der Waals surface area contributed by atoms with Gasteiger partial charge in [-0.3, -0.25) is 9.59 Å². The van der Waals surface area contributed by atoms with Gasteiger partial charge in [-0.25, -0.2) is 14.6 Å². The molecule has 1 amide bonds. The van der Waals surface area contributed by atoms with Crippen LogP contribution in [0.5, 0.6) is 0 Å². The fraction of sp³-hybridized carbons (Fsp3) is 0.708. The lowest BCUT2D eigenvalue weighted by molar-refractivity contribution is -0.149. The lowest BCUT2D eigenvalue weighted by Gasteiger charge is -2.19. The number of methoxy groups -OCH3 is 2. The van der Waals surface area contributed by atoms with Crippen molar-refractivity contribution in [2.75, 3.05) is 14.2 Å². The molecule has 1 N–H and O–H groups in total. The molecule has 0 aliphatic carbocycles. The first kappa shape index (κ1) is 34.2. The third-order valence-electron chi connectivity index (χ3n) is 5.24. The SMILES string of the molecule is CC[C@H](C)C(=O)NC(C(=O)OC)C(=O)C(C)C.CC[C@H](C)c1nc(C(=O)OC)c(C(C)C)o1.I. The van der Waals surface area contributed by atoms with Crippen LogP contribution in [0.25, 0.3) is 0 Å². The lowest BCUT2D eigenvalue weighted by Crippen LogP contribution is -2.50. The molecular formula is C24H41IN2O7. The van der Waals surface area contributed by atoms with E-state index < -0.39 is 18.0 Å². The van der Waals surface area contributed by atoms with E-state index in [0.29, 0.717) is 23.8 Å². The van der Waals surface area contributed by atoms with Crippen LogP contribution in [0, 0.1) is 11.8 Å². The summed E-state index contributed by atoms with van der Waals surface area (Å²) in [7, 11) is 2.54. The molecular weight excluding hydrogens is 555 g/mol. The lowest BCUT2D eigenvalue weighted by atomic mass is 10.0.